The minimum Gasteiger partial charge on any atom is -0.484 e. The van der Waals surface area contributed by atoms with E-state index in [2.05, 4.69) is 42.5 Å². The van der Waals surface area contributed by atoms with Crippen molar-refractivity contribution in [2.75, 3.05) is 6.61 Å². The molecule has 0 heterocycles. The highest BCUT2D eigenvalue weighted by Crippen LogP contribution is 2.25. The predicted octanol–water partition coefficient (Wildman–Crippen LogP) is 9.00. The fourth-order valence-electron chi connectivity index (χ4n) is 4.51. The standard InChI is InChI=1S/C33H32F4O/c1-2-3-4-5-24-6-8-25(9-7-24)10-11-27-15-21-31-29(22-27)18-17-28(32(31)34)16-12-26-13-19-30(20-14-26)38-23-33(35,36)37/h2-3,6-9,13-15,17-22H,4-5,10-12,16,23H2,1H3/b3-2+. The van der Waals surface area contributed by atoms with Crippen LogP contribution in [0.25, 0.3) is 10.8 Å². The molecule has 0 radical (unpaired) electrons. The Morgan fingerprint density at radius 1 is 0.684 bits per heavy atom. The van der Waals surface area contributed by atoms with Gasteiger partial charge in [0, 0.05) is 5.39 Å². The van der Waals surface area contributed by atoms with E-state index in [-0.39, 0.29) is 11.6 Å². The summed E-state index contributed by atoms with van der Waals surface area (Å²) in [6, 6.07) is 25.0. The van der Waals surface area contributed by atoms with E-state index in [0.29, 0.717) is 23.8 Å². The number of allylic oxidation sites excluding steroid dienone is 2. The maximum Gasteiger partial charge on any atom is 0.422 e. The SMILES string of the molecule is C/C=C/CCc1ccc(CCc2ccc3c(F)c(CCc4ccc(OCC(F)(F)F)cc4)ccc3c2)cc1. The smallest absolute Gasteiger partial charge is 0.422 e. The van der Waals surface area contributed by atoms with Gasteiger partial charge in [0.05, 0.1) is 0 Å². The van der Waals surface area contributed by atoms with Crippen LogP contribution in [0, 0.1) is 5.82 Å². The molecule has 0 aromatic heterocycles. The molecule has 0 N–H and O–H groups in total. The van der Waals surface area contributed by atoms with E-state index in [1.807, 2.05) is 31.2 Å². The summed E-state index contributed by atoms with van der Waals surface area (Å²) in [4.78, 5) is 0. The molecule has 0 atom stereocenters. The molecule has 5 heteroatoms. The molecule has 0 unspecified atom stereocenters. The third kappa shape index (κ3) is 7.95. The van der Waals surface area contributed by atoms with Crippen LogP contribution >= 0.6 is 0 Å². The van der Waals surface area contributed by atoms with Crippen LogP contribution in [0.4, 0.5) is 17.6 Å². The molecular weight excluding hydrogens is 488 g/mol. The van der Waals surface area contributed by atoms with Crippen molar-refractivity contribution >= 4 is 10.8 Å². The van der Waals surface area contributed by atoms with E-state index in [9.17, 15) is 13.2 Å². The number of hydrogen-bond acceptors (Lipinski definition) is 1. The van der Waals surface area contributed by atoms with Crippen LogP contribution in [0.1, 0.15) is 41.2 Å². The largest absolute Gasteiger partial charge is 0.484 e. The zero-order valence-corrected chi connectivity index (χ0v) is 21.5. The van der Waals surface area contributed by atoms with Crippen LogP contribution in [0.3, 0.4) is 0 Å². The van der Waals surface area contributed by atoms with Gasteiger partial charge in [0.15, 0.2) is 6.61 Å². The molecule has 0 bridgehead atoms. The third-order valence-electron chi connectivity index (χ3n) is 6.67. The summed E-state index contributed by atoms with van der Waals surface area (Å²) in [5.74, 6) is -0.0523. The van der Waals surface area contributed by atoms with E-state index in [0.717, 1.165) is 36.6 Å². The second-order valence-corrected chi connectivity index (χ2v) is 9.57. The Labute approximate surface area is 221 Å². The molecule has 4 rings (SSSR count). The zero-order valence-electron chi connectivity index (χ0n) is 21.5. The van der Waals surface area contributed by atoms with E-state index in [1.165, 1.54) is 28.8 Å². The number of halogens is 4. The zero-order chi connectivity index (χ0) is 27.0. The van der Waals surface area contributed by atoms with Crippen LogP contribution in [0.5, 0.6) is 5.75 Å². The summed E-state index contributed by atoms with van der Waals surface area (Å²) in [5.41, 5.74) is 5.34. The van der Waals surface area contributed by atoms with Crippen molar-refractivity contribution in [1.29, 1.82) is 0 Å². The van der Waals surface area contributed by atoms with E-state index in [1.54, 1.807) is 12.1 Å². The Hall–Kier alpha value is -3.60. The Bertz CT molecular complexity index is 1350. The van der Waals surface area contributed by atoms with E-state index in [4.69, 9.17) is 4.74 Å². The summed E-state index contributed by atoms with van der Waals surface area (Å²) < 4.78 is 56.9. The fourth-order valence-corrected chi connectivity index (χ4v) is 4.51. The first-order valence-corrected chi connectivity index (χ1v) is 13.0. The molecule has 0 aliphatic carbocycles. The molecule has 38 heavy (non-hydrogen) atoms. The van der Waals surface area contributed by atoms with E-state index >= 15 is 4.39 Å². The predicted molar refractivity (Wildman–Crippen MR) is 146 cm³/mol. The molecule has 0 saturated carbocycles. The Morgan fingerprint density at radius 2 is 1.26 bits per heavy atom. The molecule has 4 aromatic rings. The first-order valence-electron chi connectivity index (χ1n) is 13.0. The lowest BCUT2D eigenvalue weighted by atomic mass is 9.97. The summed E-state index contributed by atoms with van der Waals surface area (Å²) in [5, 5.41) is 1.49. The Kier molecular flexibility index (Phi) is 9.22. The number of rotatable bonds is 11. The van der Waals surface area contributed by atoms with Gasteiger partial charge in [0.25, 0.3) is 0 Å². The van der Waals surface area contributed by atoms with Gasteiger partial charge in [-0.3, -0.25) is 0 Å². The van der Waals surface area contributed by atoms with Crippen molar-refractivity contribution < 1.29 is 22.3 Å². The second kappa shape index (κ2) is 12.8. The molecule has 0 saturated heterocycles. The lowest BCUT2D eigenvalue weighted by molar-refractivity contribution is -0.153. The molecule has 0 aliphatic heterocycles. The van der Waals surface area contributed by atoms with Crippen LogP contribution in [-0.4, -0.2) is 12.8 Å². The molecule has 0 aliphatic rings. The third-order valence-corrected chi connectivity index (χ3v) is 6.67. The van der Waals surface area contributed by atoms with Gasteiger partial charge in [-0.2, -0.15) is 13.2 Å². The van der Waals surface area contributed by atoms with Crippen molar-refractivity contribution in [3.8, 4) is 5.75 Å². The van der Waals surface area contributed by atoms with Crippen molar-refractivity contribution in [3.05, 3.63) is 125 Å². The topological polar surface area (TPSA) is 9.23 Å². The van der Waals surface area contributed by atoms with Gasteiger partial charge in [-0.05, 0) is 90.8 Å². The average molecular weight is 521 g/mol. The Balaban J connectivity index is 1.33. The highest BCUT2D eigenvalue weighted by atomic mass is 19.4. The van der Waals surface area contributed by atoms with Gasteiger partial charge in [-0.25, -0.2) is 4.39 Å². The minimum absolute atomic E-state index is 0.163. The van der Waals surface area contributed by atoms with Crippen molar-refractivity contribution in [2.45, 2.75) is 51.6 Å². The Morgan fingerprint density at radius 3 is 1.92 bits per heavy atom. The fraction of sp³-hybridized carbons (Fsp3) is 0.273. The lowest BCUT2D eigenvalue weighted by Crippen LogP contribution is -2.19. The van der Waals surface area contributed by atoms with Gasteiger partial charge in [-0.15, -0.1) is 0 Å². The number of ether oxygens (including phenoxy) is 1. The lowest BCUT2D eigenvalue weighted by Gasteiger charge is -2.11. The van der Waals surface area contributed by atoms with Crippen LogP contribution < -0.4 is 4.74 Å². The average Bonchev–Trinajstić information content (AvgIpc) is 2.91. The molecular formula is C33H32F4O. The van der Waals surface area contributed by atoms with Crippen LogP contribution in [0.15, 0.2) is 91.0 Å². The quantitative estimate of drug-likeness (QED) is 0.142. The maximum atomic E-state index is 15.2. The normalized spacial score (nSPS) is 11.9. The molecule has 0 amide bonds. The number of fused-ring (bicyclic) bond motifs is 1. The monoisotopic (exact) mass is 520 g/mol. The molecule has 198 valence electrons. The van der Waals surface area contributed by atoms with Gasteiger partial charge < -0.3 is 4.74 Å². The summed E-state index contributed by atoms with van der Waals surface area (Å²) in [6.45, 7) is 0.721. The summed E-state index contributed by atoms with van der Waals surface area (Å²) in [6.07, 6.45) is 4.90. The number of hydrogen-bond donors (Lipinski definition) is 0. The van der Waals surface area contributed by atoms with Crippen LogP contribution in [0.2, 0.25) is 0 Å². The molecule has 0 spiro atoms. The second-order valence-electron chi connectivity index (χ2n) is 9.57. The highest BCUT2D eigenvalue weighted by Gasteiger charge is 2.28. The molecule has 4 aromatic carbocycles. The highest BCUT2D eigenvalue weighted by molar-refractivity contribution is 5.84. The number of benzene rings is 4. The number of aryl methyl sites for hydroxylation is 5. The van der Waals surface area contributed by atoms with Crippen molar-refractivity contribution in [2.24, 2.45) is 0 Å². The molecule has 0 fully saturated rings. The summed E-state index contributed by atoms with van der Waals surface area (Å²) in [7, 11) is 0. The van der Waals surface area contributed by atoms with Crippen molar-refractivity contribution in [1.82, 2.24) is 0 Å². The minimum atomic E-state index is -4.37. The van der Waals surface area contributed by atoms with Crippen LogP contribution in [-0.2, 0) is 32.1 Å². The van der Waals surface area contributed by atoms with Gasteiger partial charge in [0.2, 0.25) is 0 Å². The van der Waals surface area contributed by atoms with Crippen molar-refractivity contribution in [3.63, 3.8) is 0 Å². The summed E-state index contributed by atoms with van der Waals surface area (Å²) >= 11 is 0. The number of alkyl halides is 3. The first-order chi connectivity index (χ1) is 18.3. The van der Waals surface area contributed by atoms with E-state index < -0.39 is 12.8 Å². The van der Waals surface area contributed by atoms with Gasteiger partial charge in [0.1, 0.15) is 11.6 Å². The van der Waals surface area contributed by atoms with Gasteiger partial charge >= 0.3 is 6.18 Å². The first kappa shape index (κ1) is 27.4. The molecule has 1 nitrogen and oxygen atoms in total. The van der Waals surface area contributed by atoms with Gasteiger partial charge in [-0.1, -0.05) is 78.9 Å². The maximum absolute atomic E-state index is 15.2.